The fourth-order valence-corrected chi connectivity index (χ4v) is 4.72. The first-order valence-electron chi connectivity index (χ1n) is 12.8. The van der Waals surface area contributed by atoms with E-state index in [-0.39, 0.29) is 18.3 Å². The predicted octanol–water partition coefficient (Wildman–Crippen LogP) is 5.45. The van der Waals surface area contributed by atoms with Crippen molar-refractivity contribution < 1.29 is 46.8 Å². The first-order valence-corrected chi connectivity index (χ1v) is 12.8. The molecule has 1 aliphatic carbocycles. The van der Waals surface area contributed by atoms with Gasteiger partial charge in [0.1, 0.15) is 23.4 Å². The molecule has 41 heavy (non-hydrogen) atoms. The lowest BCUT2D eigenvalue weighted by Gasteiger charge is -2.27. The molecular weight excluding hydrogens is 550 g/mol. The summed E-state index contributed by atoms with van der Waals surface area (Å²) in [5.74, 6) is -2.62. The molecule has 0 saturated heterocycles. The molecule has 0 aliphatic heterocycles. The maximum atomic E-state index is 13.6. The number of benzene rings is 2. The van der Waals surface area contributed by atoms with Gasteiger partial charge >= 0.3 is 18.1 Å². The molecule has 0 amide bonds. The van der Waals surface area contributed by atoms with E-state index in [1.54, 1.807) is 31.0 Å². The molecule has 9 nitrogen and oxygen atoms in total. The number of aromatic nitrogens is 2. The largest absolute Gasteiger partial charge is 0.496 e. The van der Waals surface area contributed by atoms with Crippen LogP contribution in [0.4, 0.5) is 17.6 Å². The van der Waals surface area contributed by atoms with Crippen LogP contribution >= 0.6 is 0 Å². The summed E-state index contributed by atoms with van der Waals surface area (Å²) in [6.45, 7) is 0.284. The van der Waals surface area contributed by atoms with E-state index in [0.717, 1.165) is 32.1 Å². The van der Waals surface area contributed by atoms with Gasteiger partial charge in [-0.3, -0.25) is 10.1 Å². The number of aliphatic carboxylic acids is 2. The van der Waals surface area contributed by atoms with Crippen LogP contribution < -0.4 is 14.8 Å². The number of carboxylic acids is 2. The standard InChI is InChI=1S/C26H30FN3O4.C2HF3O2/c1-33-22-9-6-10-23(34-2)24(22)21-15-19(29-30(21)20-13-11-18(27)12-14-20)16-28-25(26(31)32)17-7-4-3-5-8-17;3-2(4,5)1(6)7/h6,9-15,17,25,28H,3-5,7-8,16H2,1-2H3,(H,31,32);(H,6,7)/t25-;/m0./s1. The van der Waals surface area contributed by atoms with Crippen LogP contribution in [0.2, 0.25) is 0 Å². The summed E-state index contributed by atoms with van der Waals surface area (Å²) >= 11 is 0. The Balaban J connectivity index is 0.000000587. The second kappa shape index (κ2) is 14.0. The van der Waals surface area contributed by atoms with Gasteiger partial charge < -0.3 is 19.7 Å². The number of carboxylic acid groups (broad SMARTS) is 2. The quantitative estimate of drug-likeness (QED) is 0.285. The van der Waals surface area contributed by atoms with Crippen molar-refractivity contribution in [3.63, 3.8) is 0 Å². The molecule has 3 aromatic rings. The SMILES string of the molecule is COc1cccc(OC)c1-c1cc(CN[C@H](C(=O)O)C2CCCCC2)nn1-c1ccc(F)cc1.O=C(O)C(F)(F)F. The minimum absolute atomic E-state index is 0.110. The Labute approximate surface area is 233 Å². The second-order valence-electron chi connectivity index (χ2n) is 9.34. The fourth-order valence-electron chi connectivity index (χ4n) is 4.72. The van der Waals surface area contributed by atoms with E-state index in [1.807, 2.05) is 24.3 Å². The smallest absolute Gasteiger partial charge is 0.490 e. The van der Waals surface area contributed by atoms with Crippen LogP contribution in [0.5, 0.6) is 11.5 Å². The molecule has 1 aliphatic rings. The van der Waals surface area contributed by atoms with Gasteiger partial charge in [0.15, 0.2) is 0 Å². The number of alkyl halides is 3. The van der Waals surface area contributed by atoms with Crippen LogP contribution in [0.15, 0.2) is 48.5 Å². The molecule has 2 aromatic carbocycles. The molecule has 0 bridgehead atoms. The molecule has 0 spiro atoms. The van der Waals surface area contributed by atoms with Crippen molar-refractivity contribution in [2.24, 2.45) is 5.92 Å². The normalized spacial score (nSPS) is 14.5. The Morgan fingerprint density at radius 3 is 2.07 bits per heavy atom. The van der Waals surface area contributed by atoms with Crippen LogP contribution in [0, 0.1) is 11.7 Å². The zero-order chi connectivity index (χ0) is 30.2. The second-order valence-corrected chi connectivity index (χ2v) is 9.34. The average molecular weight is 582 g/mol. The van der Waals surface area contributed by atoms with Gasteiger partial charge in [0.05, 0.1) is 36.9 Å². The van der Waals surface area contributed by atoms with Crippen molar-refractivity contribution in [3.05, 3.63) is 60.0 Å². The summed E-state index contributed by atoms with van der Waals surface area (Å²) in [6.07, 6.45) is 0.0322. The van der Waals surface area contributed by atoms with Crippen molar-refractivity contribution in [2.45, 2.75) is 50.9 Å². The molecule has 1 atom stereocenters. The molecule has 1 saturated carbocycles. The lowest BCUT2D eigenvalue weighted by molar-refractivity contribution is -0.192. The van der Waals surface area contributed by atoms with Crippen LogP contribution in [0.1, 0.15) is 37.8 Å². The highest BCUT2D eigenvalue weighted by Crippen LogP contribution is 2.39. The third-order valence-corrected chi connectivity index (χ3v) is 6.65. The number of carbonyl (C=O) groups is 2. The summed E-state index contributed by atoms with van der Waals surface area (Å²) in [4.78, 5) is 20.9. The van der Waals surface area contributed by atoms with Crippen LogP contribution in [0.25, 0.3) is 16.9 Å². The van der Waals surface area contributed by atoms with Gasteiger partial charge in [-0.2, -0.15) is 18.3 Å². The van der Waals surface area contributed by atoms with Gasteiger partial charge in [0.25, 0.3) is 0 Å². The highest BCUT2D eigenvalue weighted by Gasteiger charge is 2.38. The van der Waals surface area contributed by atoms with E-state index in [4.69, 9.17) is 24.5 Å². The molecule has 4 rings (SSSR count). The van der Waals surface area contributed by atoms with Gasteiger partial charge in [0, 0.05) is 6.54 Å². The van der Waals surface area contributed by atoms with E-state index < -0.39 is 24.2 Å². The number of nitrogens with one attached hydrogen (secondary N) is 1. The lowest BCUT2D eigenvalue weighted by Crippen LogP contribution is -2.43. The molecule has 222 valence electrons. The first-order chi connectivity index (χ1) is 19.5. The summed E-state index contributed by atoms with van der Waals surface area (Å²) in [6, 6.07) is 12.8. The fraction of sp³-hybridized carbons (Fsp3) is 0.393. The van der Waals surface area contributed by atoms with Crippen molar-refractivity contribution in [1.29, 1.82) is 0 Å². The molecular formula is C28H31F4N3O6. The van der Waals surface area contributed by atoms with Crippen LogP contribution in [0.3, 0.4) is 0 Å². The van der Waals surface area contributed by atoms with E-state index in [2.05, 4.69) is 5.32 Å². The van der Waals surface area contributed by atoms with Crippen molar-refractivity contribution >= 4 is 11.9 Å². The van der Waals surface area contributed by atoms with E-state index in [0.29, 0.717) is 34.1 Å². The van der Waals surface area contributed by atoms with Crippen LogP contribution in [-0.2, 0) is 16.1 Å². The van der Waals surface area contributed by atoms with E-state index in [1.165, 1.54) is 12.1 Å². The van der Waals surface area contributed by atoms with Gasteiger partial charge in [-0.25, -0.2) is 13.9 Å². The minimum Gasteiger partial charge on any atom is -0.496 e. The predicted molar refractivity (Wildman–Crippen MR) is 141 cm³/mol. The molecule has 0 unspecified atom stereocenters. The number of nitrogens with zero attached hydrogens (tertiary/aromatic N) is 2. The third kappa shape index (κ3) is 8.19. The van der Waals surface area contributed by atoms with Crippen LogP contribution in [-0.4, -0.2) is 58.4 Å². The van der Waals surface area contributed by atoms with E-state index >= 15 is 0 Å². The molecule has 13 heteroatoms. The molecule has 0 radical (unpaired) electrons. The van der Waals surface area contributed by atoms with Gasteiger partial charge in [0.2, 0.25) is 0 Å². The average Bonchev–Trinajstić information content (AvgIpc) is 3.37. The monoisotopic (exact) mass is 581 g/mol. The summed E-state index contributed by atoms with van der Waals surface area (Å²) < 4.78 is 58.2. The molecule has 1 heterocycles. The molecule has 3 N–H and O–H groups in total. The third-order valence-electron chi connectivity index (χ3n) is 6.65. The van der Waals surface area contributed by atoms with Gasteiger partial charge in [-0.1, -0.05) is 25.3 Å². The maximum absolute atomic E-state index is 13.6. The Morgan fingerprint density at radius 2 is 1.59 bits per heavy atom. The summed E-state index contributed by atoms with van der Waals surface area (Å²) in [5, 5.41) is 24.9. The Hall–Kier alpha value is -4.13. The highest BCUT2D eigenvalue weighted by molar-refractivity contribution is 5.76. The van der Waals surface area contributed by atoms with Crippen molar-refractivity contribution in [3.8, 4) is 28.4 Å². The topological polar surface area (TPSA) is 123 Å². The number of halogens is 4. The van der Waals surface area contributed by atoms with Gasteiger partial charge in [-0.15, -0.1) is 0 Å². The number of methoxy groups -OCH3 is 2. The minimum atomic E-state index is -5.08. The molecule has 1 aromatic heterocycles. The van der Waals surface area contributed by atoms with Crippen molar-refractivity contribution in [2.75, 3.05) is 14.2 Å². The maximum Gasteiger partial charge on any atom is 0.490 e. The lowest BCUT2D eigenvalue weighted by atomic mass is 9.84. The summed E-state index contributed by atoms with van der Waals surface area (Å²) in [5.41, 5.74) is 2.73. The van der Waals surface area contributed by atoms with E-state index in [9.17, 15) is 27.5 Å². The Kier molecular flexibility index (Phi) is 10.7. The Bertz CT molecular complexity index is 1300. The van der Waals surface area contributed by atoms with Gasteiger partial charge in [-0.05, 0) is 61.2 Å². The number of ether oxygens (including phenoxy) is 2. The zero-order valence-corrected chi connectivity index (χ0v) is 22.4. The number of hydrogen-bond acceptors (Lipinski definition) is 6. The number of rotatable bonds is 9. The first kappa shape index (κ1) is 31.4. The highest BCUT2D eigenvalue weighted by atomic mass is 19.4. The van der Waals surface area contributed by atoms with Crippen molar-refractivity contribution in [1.82, 2.24) is 15.1 Å². The number of hydrogen-bond donors (Lipinski definition) is 3. The zero-order valence-electron chi connectivity index (χ0n) is 22.4. The summed E-state index contributed by atoms with van der Waals surface area (Å²) in [7, 11) is 3.17. The molecule has 1 fully saturated rings. The Morgan fingerprint density at radius 1 is 1.02 bits per heavy atom.